The summed E-state index contributed by atoms with van der Waals surface area (Å²) in [6, 6.07) is 6.41. The zero-order chi connectivity index (χ0) is 11.0. The molecule has 1 aromatic rings. The Bertz CT molecular complexity index is 394. The summed E-state index contributed by atoms with van der Waals surface area (Å²) in [4.78, 5) is 0. The molecule has 1 heterocycles. The number of fused-ring (bicyclic) bond motifs is 1. The van der Waals surface area contributed by atoms with Crippen molar-refractivity contribution in [3.05, 3.63) is 23.8 Å². The SMILES string of the molecule is Cc1ccc2c(c1)OC1(CCCCC1)CN2. The second kappa shape index (κ2) is 3.69. The maximum atomic E-state index is 6.28. The standard InChI is InChI=1S/C14H19NO/c1-11-5-6-12-13(9-11)16-14(10-15-12)7-3-2-4-8-14/h5-6,9,15H,2-4,7-8,10H2,1H3. The van der Waals surface area contributed by atoms with Crippen LogP contribution in [0.1, 0.15) is 37.7 Å². The van der Waals surface area contributed by atoms with Crippen LogP contribution in [-0.4, -0.2) is 12.1 Å². The van der Waals surface area contributed by atoms with Crippen LogP contribution >= 0.6 is 0 Å². The largest absolute Gasteiger partial charge is 0.483 e. The fourth-order valence-electron chi connectivity index (χ4n) is 2.86. The lowest BCUT2D eigenvalue weighted by Gasteiger charge is -2.42. The van der Waals surface area contributed by atoms with Crippen molar-refractivity contribution >= 4 is 5.69 Å². The van der Waals surface area contributed by atoms with E-state index in [0.717, 1.165) is 18.0 Å². The van der Waals surface area contributed by atoms with Gasteiger partial charge in [0.15, 0.2) is 0 Å². The molecule has 1 fully saturated rings. The topological polar surface area (TPSA) is 21.3 Å². The van der Waals surface area contributed by atoms with Crippen molar-refractivity contribution in [3.8, 4) is 5.75 Å². The number of ether oxygens (including phenoxy) is 1. The molecule has 86 valence electrons. The zero-order valence-electron chi connectivity index (χ0n) is 9.88. The third-order valence-electron chi connectivity index (χ3n) is 3.83. The molecule has 0 amide bonds. The number of anilines is 1. The minimum Gasteiger partial charge on any atom is -0.483 e. The third-order valence-corrected chi connectivity index (χ3v) is 3.83. The average Bonchev–Trinajstić information content (AvgIpc) is 2.29. The summed E-state index contributed by atoms with van der Waals surface area (Å²) < 4.78 is 6.28. The normalized spacial score (nSPS) is 22.1. The maximum absolute atomic E-state index is 6.28. The highest BCUT2D eigenvalue weighted by molar-refractivity contribution is 5.59. The van der Waals surface area contributed by atoms with E-state index in [4.69, 9.17) is 4.74 Å². The van der Waals surface area contributed by atoms with Crippen LogP contribution in [-0.2, 0) is 0 Å². The highest BCUT2D eigenvalue weighted by Crippen LogP contribution is 2.40. The summed E-state index contributed by atoms with van der Waals surface area (Å²) in [5.41, 5.74) is 2.51. The Hall–Kier alpha value is -1.18. The second-order valence-corrected chi connectivity index (χ2v) is 5.20. The summed E-state index contributed by atoms with van der Waals surface area (Å²) in [5, 5.41) is 3.53. The molecule has 1 aliphatic heterocycles. The van der Waals surface area contributed by atoms with Gasteiger partial charge in [-0.1, -0.05) is 12.5 Å². The molecule has 1 saturated carbocycles. The Morgan fingerprint density at radius 2 is 2.00 bits per heavy atom. The summed E-state index contributed by atoms with van der Waals surface area (Å²) in [7, 11) is 0. The molecule has 2 nitrogen and oxygen atoms in total. The Morgan fingerprint density at radius 3 is 2.81 bits per heavy atom. The van der Waals surface area contributed by atoms with Crippen molar-refractivity contribution in [3.63, 3.8) is 0 Å². The van der Waals surface area contributed by atoms with Crippen molar-refractivity contribution in [1.82, 2.24) is 0 Å². The number of nitrogens with one attached hydrogen (secondary N) is 1. The Balaban J connectivity index is 1.89. The van der Waals surface area contributed by atoms with Crippen LogP contribution in [0.15, 0.2) is 18.2 Å². The van der Waals surface area contributed by atoms with E-state index in [-0.39, 0.29) is 5.60 Å². The first-order valence-electron chi connectivity index (χ1n) is 6.31. The number of hydrogen-bond donors (Lipinski definition) is 1. The van der Waals surface area contributed by atoms with Gasteiger partial charge in [0.05, 0.1) is 12.2 Å². The molecule has 1 aliphatic carbocycles. The summed E-state index contributed by atoms with van der Waals surface area (Å²) >= 11 is 0. The van der Waals surface area contributed by atoms with Gasteiger partial charge in [0, 0.05) is 0 Å². The quantitative estimate of drug-likeness (QED) is 0.718. The van der Waals surface area contributed by atoms with Crippen LogP contribution in [0.25, 0.3) is 0 Å². The van der Waals surface area contributed by atoms with E-state index in [9.17, 15) is 0 Å². The predicted octanol–water partition coefficient (Wildman–Crippen LogP) is 3.50. The molecule has 0 saturated heterocycles. The molecule has 0 aromatic heterocycles. The molecule has 1 aromatic carbocycles. The molecule has 0 radical (unpaired) electrons. The van der Waals surface area contributed by atoms with Crippen molar-refractivity contribution in [2.45, 2.75) is 44.6 Å². The smallest absolute Gasteiger partial charge is 0.143 e. The first kappa shape index (κ1) is 10.0. The number of rotatable bonds is 0. The fourth-order valence-corrected chi connectivity index (χ4v) is 2.86. The second-order valence-electron chi connectivity index (χ2n) is 5.20. The van der Waals surface area contributed by atoms with E-state index in [1.54, 1.807) is 0 Å². The highest BCUT2D eigenvalue weighted by Gasteiger charge is 2.37. The van der Waals surface area contributed by atoms with Crippen LogP contribution in [0, 0.1) is 6.92 Å². The Kier molecular flexibility index (Phi) is 2.31. The Labute approximate surface area is 97.0 Å². The van der Waals surface area contributed by atoms with E-state index in [0.29, 0.717) is 0 Å². The van der Waals surface area contributed by atoms with Crippen LogP contribution in [0.2, 0.25) is 0 Å². The molecule has 16 heavy (non-hydrogen) atoms. The van der Waals surface area contributed by atoms with Crippen LogP contribution in [0.3, 0.4) is 0 Å². The van der Waals surface area contributed by atoms with Crippen molar-refractivity contribution in [2.75, 3.05) is 11.9 Å². The number of benzene rings is 1. The Morgan fingerprint density at radius 1 is 1.19 bits per heavy atom. The zero-order valence-corrected chi connectivity index (χ0v) is 9.88. The van der Waals surface area contributed by atoms with Crippen LogP contribution in [0.5, 0.6) is 5.75 Å². The highest BCUT2D eigenvalue weighted by atomic mass is 16.5. The van der Waals surface area contributed by atoms with Gasteiger partial charge in [-0.15, -0.1) is 0 Å². The lowest BCUT2D eigenvalue weighted by atomic mass is 9.83. The van der Waals surface area contributed by atoms with E-state index in [1.807, 2.05) is 0 Å². The van der Waals surface area contributed by atoms with Gasteiger partial charge in [0.25, 0.3) is 0 Å². The lowest BCUT2D eigenvalue weighted by molar-refractivity contribution is 0.0369. The molecular formula is C14H19NO. The molecular weight excluding hydrogens is 198 g/mol. The third kappa shape index (κ3) is 1.66. The molecule has 2 heteroatoms. The van der Waals surface area contributed by atoms with E-state index < -0.39 is 0 Å². The molecule has 1 N–H and O–H groups in total. The molecule has 3 rings (SSSR count). The van der Waals surface area contributed by atoms with Gasteiger partial charge in [-0.05, 0) is 50.3 Å². The van der Waals surface area contributed by atoms with Gasteiger partial charge >= 0.3 is 0 Å². The monoisotopic (exact) mass is 217 g/mol. The number of aryl methyl sites for hydroxylation is 1. The number of hydrogen-bond acceptors (Lipinski definition) is 2. The van der Waals surface area contributed by atoms with Gasteiger partial charge in [-0.25, -0.2) is 0 Å². The molecule has 0 atom stereocenters. The molecule has 0 bridgehead atoms. The van der Waals surface area contributed by atoms with Gasteiger partial charge < -0.3 is 10.1 Å². The van der Waals surface area contributed by atoms with Crippen molar-refractivity contribution < 1.29 is 4.74 Å². The van der Waals surface area contributed by atoms with Gasteiger partial charge in [-0.2, -0.15) is 0 Å². The summed E-state index contributed by atoms with van der Waals surface area (Å²) in [5.74, 6) is 1.05. The van der Waals surface area contributed by atoms with Crippen molar-refractivity contribution in [1.29, 1.82) is 0 Å². The predicted molar refractivity (Wildman–Crippen MR) is 66.1 cm³/mol. The van der Waals surface area contributed by atoms with Gasteiger partial charge in [-0.3, -0.25) is 0 Å². The fraction of sp³-hybridized carbons (Fsp3) is 0.571. The van der Waals surface area contributed by atoms with Crippen molar-refractivity contribution in [2.24, 2.45) is 0 Å². The van der Waals surface area contributed by atoms with Crippen LogP contribution < -0.4 is 10.1 Å². The maximum Gasteiger partial charge on any atom is 0.143 e. The minimum absolute atomic E-state index is 0.0824. The first-order chi connectivity index (χ1) is 7.77. The average molecular weight is 217 g/mol. The summed E-state index contributed by atoms with van der Waals surface area (Å²) in [6.45, 7) is 3.09. The van der Waals surface area contributed by atoms with Crippen LogP contribution in [0.4, 0.5) is 5.69 Å². The first-order valence-corrected chi connectivity index (χ1v) is 6.31. The lowest BCUT2D eigenvalue weighted by Crippen LogP contribution is -2.47. The van der Waals surface area contributed by atoms with E-state index >= 15 is 0 Å². The van der Waals surface area contributed by atoms with Gasteiger partial charge in [0.2, 0.25) is 0 Å². The van der Waals surface area contributed by atoms with E-state index in [1.165, 1.54) is 37.7 Å². The van der Waals surface area contributed by atoms with Gasteiger partial charge in [0.1, 0.15) is 11.4 Å². The summed E-state index contributed by atoms with van der Waals surface area (Å²) in [6.07, 6.45) is 6.39. The molecule has 0 unspecified atom stereocenters. The van der Waals surface area contributed by atoms with E-state index in [2.05, 4.69) is 30.4 Å². The molecule has 1 spiro atoms. The minimum atomic E-state index is 0.0824. The molecule has 2 aliphatic rings.